The molecule has 3 amide bonds. The lowest BCUT2D eigenvalue weighted by atomic mass is 10.0. The number of ether oxygens (including phenoxy) is 3. The van der Waals surface area contributed by atoms with Gasteiger partial charge in [-0.2, -0.15) is 0 Å². The number of hydrogen-bond donors (Lipinski definition) is 2. The third-order valence-electron chi connectivity index (χ3n) is 8.47. The number of fused-ring (bicyclic) bond motifs is 1. The van der Waals surface area contributed by atoms with Crippen molar-refractivity contribution in [3.63, 3.8) is 0 Å². The molecule has 4 aromatic rings. The van der Waals surface area contributed by atoms with Gasteiger partial charge in [-0.25, -0.2) is 4.98 Å². The van der Waals surface area contributed by atoms with E-state index in [1.807, 2.05) is 36.4 Å². The monoisotopic (exact) mass is 639 g/mol. The van der Waals surface area contributed by atoms with E-state index in [0.29, 0.717) is 60.5 Å². The molecule has 244 valence electrons. The molecular formula is C35H37N5O7. The molecule has 5 aliphatic rings. The highest BCUT2D eigenvalue weighted by Gasteiger charge is 2.34. The van der Waals surface area contributed by atoms with Gasteiger partial charge in [-0.15, -0.1) is 0 Å². The average Bonchev–Trinajstić information content (AvgIpc) is 3.09. The van der Waals surface area contributed by atoms with Crippen LogP contribution in [0.25, 0.3) is 10.9 Å². The smallest absolute Gasteiger partial charge is 0.261 e. The first kappa shape index (κ1) is 31.6. The number of aryl methyl sites for hydroxylation is 2. The maximum absolute atomic E-state index is 13.4. The minimum Gasteiger partial charge on any atom is -0.493 e. The number of nitrogens with one attached hydrogen (secondary N) is 2. The molecule has 2 atom stereocenters. The molecule has 12 heteroatoms. The van der Waals surface area contributed by atoms with Crippen LogP contribution in [0.1, 0.15) is 30.4 Å². The molecule has 0 unspecified atom stereocenters. The number of piperidine rings is 1. The van der Waals surface area contributed by atoms with Crippen LogP contribution < -0.4 is 30.4 Å². The van der Waals surface area contributed by atoms with E-state index in [0.717, 1.165) is 11.1 Å². The minimum absolute atomic E-state index is 0.0687. The maximum atomic E-state index is 13.4. The lowest BCUT2D eigenvalue weighted by Gasteiger charge is -2.39. The van der Waals surface area contributed by atoms with E-state index in [1.165, 1.54) is 18.0 Å². The van der Waals surface area contributed by atoms with Crippen LogP contribution in [0, 0.1) is 0 Å². The number of carbonyl (C=O) groups excluding carboxylic acids is 3. The number of aromatic nitrogens is 2. The number of carbonyl (C=O) groups is 3. The molecule has 1 saturated heterocycles. The number of methoxy groups -OCH3 is 1. The van der Waals surface area contributed by atoms with Gasteiger partial charge in [0.15, 0.2) is 18.1 Å². The fraction of sp³-hybridized carbons (Fsp3) is 0.343. The number of benzene rings is 3. The number of rotatable bonds is 4. The Labute approximate surface area is 271 Å². The average molecular weight is 640 g/mol. The quantitative estimate of drug-likeness (QED) is 0.347. The Morgan fingerprint density at radius 3 is 2.64 bits per heavy atom. The Hall–Kier alpha value is -5.39. The third-order valence-corrected chi connectivity index (χ3v) is 8.47. The zero-order chi connectivity index (χ0) is 32.8. The Bertz CT molecular complexity index is 1820. The Morgan fingerprint density at radius 1 is 1.00 bits per heavy atom. The SMILES string of the molecule is COc1cc2ccc1OCC(=O)N[C@@H]1CN(C(=O)CCn3cnc4ccccc4c3=O)CC[C@H]1Oc1ccc(cc1)CNC(=O)CC2. The Morgan fingerprint density at radius 2 is 1.81 bits per heavy atom. The number of likely N-dealkylation sites (tertiary alicyclic amines) is 1. The van der Waals surface area contributed by atoms with E-state index in [2.05, 4.69) is 15.6 Å². The Kier molecular flexibility index (Phi) is 9.65. The summed E-state index contributed by atoms with van der Waals surface area (Å²) in [6.45, 7) is 0.939. The summed E-state index contributed by atoms with van der Waals surface area (Å²) in [6, 6.07) is 19.4. The molecular weight excluding hydrogens is 602 g/mol. The number of hydrogen-bond acceptors (Lipinski definition) is 8. The summed E-state index contributed by atoms with van der Waals surface area (Å²) >= 11 is 0. The highest BCUT2D eigenvalue weighted by Crippen LogP contribution is 2.29. The molecule has 4 bridgehead atoms. The zero-order valence-electron chi connectivity index (χ0n) is 26.1. The zero-order valence-corrected chi connectivity index (χ0v) is 26.1. The molecule has 12 nitrogen and oxygen atoms in total. The molecule has 9 rings (SSSR count). The fourth-order valence-electron chi connectivity index (χ4n) is 5.86. The molecule has 1 aromatic heterocycles. The second kappa shape index (κ2) is 14.4. The van der Waals surface area contributed by atoms with Crippen LogP contribution in [0.4, 0.5) is 0 Å². The van der Waals surface area contributed by atoms with Crippen molar-refractivity contribution in [2.24, 2.45) is 0 Å². The molecule has 1 fully saturated rings. The Balaban J connectivity index is 1.17. The van der Waals surface area contributed by atoms with Gasteiger partial charge in [0.05, 0.1) is 30.4 Å². The van der Waals surface area contributed by atoms with Gasteiger partial charge in [0, 0.05) is 45.4 Å². The number of nitrogens with zero attached hydrogens (tertiary/aromatic N) is 3. The van der Waals surface area contributed by atoms with Crippen molar-refractivity contribution in [3.05, 3.63) is 94.5 Å². The van der Waals surface area contributed by atoms with Crippen molar-refractivity contribution >= 4 is 28.6 Å². The van der Waals surface area contributed by atoms with Crippen molar-refractivity contribution < 1.29 is 28.6 Å². The van der Waals surface area contributed by atoms with Crippen LogP contribution in [0.2, 0.25) is 0 Å². The molecule has 0 radical (unpaired) electrons. The van der Waals surface area contributed by atoms with Crippen molar-refractivity contribution in [1.29, 1.82) is 0 Å². The summed E-state index contributed by atoms with van der Waals surface area (Å²) in [5.41, 5.74) is 2.24. The minimum atomic E-state index is -0.525. The van der Waals surface area contributed by atoms with E-state index in [-0.39, 0.29) is 49.4 Å². The summed E-state index contributed by atoms with van der Waals surface area (Å²) in [5.74, 6) is 0.886. The first-order chi connectivity index (χ1) is 22.9. The number of para-hydroxylation sites is 1. The van der Waals surface area contributed by atoms with Crippen LogP contribution in [0.5, 0.6) is 17.2 Å². The third kappa shape index (κ3) is 7.71. The van der Waals surface area contributed by atoms with Crippen molar-refractivity contribution in [3.8, 4) is 17.2 Å². The lowest BCUT2D eigenvalue weighted by Crippen LogP contribution is -2.58. The molecule has 5 aliphatic heterocycles. The predicted molar refractivity (Wildman–Crippen MR) is 173 cm³/mol. The lowest BCUT2D eigenvalue weighted by molar-refractivity contribution is -0.135. The van der Waals surface area contributed by atoms with Gasteiger partial charge in [0.2, 0.25) is 11.8 Å². The van der Waals surface area contributed by atoms with Gasteiger partial charge >= 0.3 is 0 Å². The second-order valence-electron chi connectivity index (χ2n) is 11.7. The van der Waals surface area contributed by atoms with Gasteiger partial charge in [-0.3, -0.25) is 23.7 Å². The van der Waals surface area contributed by atoms with Crippen molar-refractivity contribution in [2.75, 3.05) is 26.8 Å². The van der Waals surface area contributed by atoms with Crippen LogP contribution in [-0.2, 0) is 33.9 Å². The molecule has 0 saturated carbocycles. The van der Waals surface area contributed by atoms with Crippen molar-refractivity contribution in [2.45, 2.75) is 50.9 Å². The second-order valence-corrected chi connectivity index (χ2v) is 11.7. The summed E-state index contributed by atoms with van der Waals surface area (Å²) in [4.78, 5) is 58.0. The van der Waals surface area contributed by atoms with Gasteiger partial charge in [0.25, 0.3) is 11.5 Å². The van der Waals surface area contributed by atoms with Gasteiger partial charge in [0.1, 0.15) is 11.9 Å². The fourth-order valence-corrected chi connectivity index (χ4v) is 5.86. The van der Waals surface area contributed by atoms with Crippen LogP contribution in [0.3, 0.4) is 0 Å². The van der Waals surface area contributed by atoms with E-state index in [1.54, 1.807) is 35.2 Å². The van der Waals surface area contributed by atoms with Crippen molar-refractivity contribution in [1.82, 2.24) is 25.1 Å². The van der Waals surface area contributed by atoms with Gasteiger partial charge in [-0.1, -0.05) is 30.3 Å². The molecule has 47 heavy (non-hydrogen) atoms. The molecule has 0 aliphatic carbocycles. The molecule has 3 aromatic carbocycles. The van der Waals surface area contributed by atoms with Gasteiger partial charge < -0.3 is 29.7 Å². The van der Waals surface area contributed by atoms with E-state index in [4.69, 9.17) is 14.2 Å². The largest absolute Gasteiger partial charge is 0.493 e. The van der Waals surface area contributed by atoms with E-state index >= 15 is 0 Å². The molecule has 0 spiro atoms. The van der Waals surface area contributed by atoms with Gasteiger partial charge in [-0.05, 0) is 53.9 Å². The number of amides is 3. The summed E-state index contributed by atoms with van der Waals surface area (Å²) in [7, 11) is 1.52. The summed E-state index contributed by atoms with van der Waals surface area (Å²) in [5, 5.41) is 6.47. The molecule has 6 heterocycles. The maximum Gasteiger partial charge on any atom is 0.261 e. The standard InChI is InChI=1S/C35H37N5O7/c1-45-31-18-23-8-12-30(31)46-21-33(42)38-28-20-39(34(43)15-17-40-22-37-27-5-3-2-4-26(27)35(40)44)16-14-29(28)47-25-10-6-24(7-11-25)19-36-32(41)13-9-23/h2-8,10-12,18,22,28-29H,9,13-17,19-21H2,1H3,(H,36,41)(H,38,42)/t28-,29-/m1/s1. The normalized spacial score (nSPS) is 18.8. The first-order valence-corrected chi connectivity index (χ1v) is 15.7. The van der Waals surface area contributed by atoms with E-state index < -0.39 is 12.1 Å². The van der Waals surface area contributed by atoms with Crippen LogP contribution in [0.15, 0.2) is 77.9 Å². The highest BCUT2D eigenvalue weighted by atomic mass is 16.5. The molecule has 2 N–H and O–H groups in total. The summed E-state index contributed by atoms with van der Waals surface area (Å²) < 4.78 is 19.1. The predicted octanol–water partition coefficient (Wildman–Crippen LogP) is 2.60. The first-order valence-electron chi connectivity index (χ1n) is 15.7. The topological polar surface area (TPSA) is 141 Å². The van der Waals surface area contributed by atoms with E-state index in [9.17, 15) is 19.2 Å². The highest BCUT2D eigenvalue weighted by molar-refractivity contribution is 5.79. The van der Waals surface area contributed by atoms with Crippen LogP contribution >= 0.6 is 0 Å². The van der Waals surface area contributed by atoms with Crippen LogP contribution in [-0.4, -0.2) is 71.1 Å². The summed E-state index contributed by atoms with van der Waals surface area (Å²) in [6.07, 6.45) is 2.46.